The van der Waals surface area contributed by atoms with Gasteiger partial charge in [-0.05, 0) is 31.6 Å². The van der Waals surface area contributed by atoms with Crippen molar-refractivity contribution in [3.8, 4) is 0 Å². The molecule has 0 amide bonds. The van der Waals surface area contributed by atoms with E-state index in [0.717, 1.165) is 5.01 Å². The third-order valence-electron chi connectivity index (χ3n) is 2.81. The van der Waals surface area contributed by atoms with Crippen LogP contribution >= 0.6 is 11.3 Å². The van der Waals surface area contributed by atoms with Gasteiger partial charge in [0.1, 0.15) is 5.01 Å². The standard InChI is InChI=1S/C11H18N2S/c1-6(2)10-7(3)14-11(13-10)9(12)8-4-5-8/h6,8-9H,4-5,12H2,1-3H3. The lowest BCUT2D eigenvalue weighted by Crippen LogP contribution is -2.12. The smallest absolute Gasteiger partial charge is 0.110 e. The molecule has 1 atom stereocenters. The highest BCUT2D eigenvalue weighted by molar-refractivity contribution is 7.11. The van der Waals surface area contributed by atoms with E-state index in [4.69, 9.17) is 5.73 Å². The second-order valence-electron chi connectivity index (χ2n) is 4.51. The molecule has 1 heterocycles. The largest absolute Gasteiger partial charge is 0.322 e. The van der Waals surface area contributed by atoms with Gasteiger partial charge in [-0.25, -0.2) is 4.98 Å². The topological polar surface area (TPSA) is 38.9 Å². The predicted molar refractivity (Wildman–Crippen MR) is 60.6 cm³/mol. The molecule has 1 aliphatic rings. The van der Waals surface area contributed by atoms with Crippen LogP contribution in [0.2, 0.25) is 0 Å². The van der Waals surface area contributed by atoms with E-state index in [0.29, 0.717) is 11.8 Å². The molecule has 0 spiro atoms. The normalized spacial score (nSPS) is 18.9. The number of thiazole rings is 1. The Morgan fingerprint density at radius 3 is 2.50 bits per heavy atom. The van der Waals surface area contributed by atoms with E-state index in [2.05, 4.69) is 25.8 Å². The lowest BCUT2D eigenvalue weighted by atomic mass is 10.1. The Morgan fingerprint density at radius 1 is 1.43 bits per heavy atom. The first-order valence-corrected chi connectivity index (χ1v) is 6.14. The molecule has 1 saturated carbocycles. The van der Waals surface area contributed by atoms with Crippen molar-refractivity contribution >= 4 is 11.3 Å². The van der Waals surface area contributed by atoms with Gasteiger partial charge in [0.25, 0.3) is 0 Å². The van der Waals surface area contributed by atoms with Gasteiger partial charge >= 0.3 is 0 Å². The molecule has 1 aromatic heterocycles. The summed E-state index contributed by atoms with van der Waals surface area (Å²) in [6.07, 6.45) is 2.58. The summed E-state index contributed by atoms with van der Waals surface area (Å²) < 4.78 is 0. The van der Waals surface area contributed by atoms with Gasteiger partial charge in [-0.15, -0.1) is 11.3 Å². The van der Waals surface area contributed by atoms with Crippen molar-refractivity contribution in [3.63, 3.8) is 0 Å². The summed E-state index contributed by atoms with van der Waals surface area (Å²) in [6.45, 7) is 6.53. The van der Waals surface area contributed by atoms with E-state index in [1.165, 1.54) is 23.4 Å². The molecule has 0 bridgehead atoms. The SMILES string of the molecule is Cc1sc(C(N)C2CC2)nc1C(C)C. The lowest BCUT2D eigenvalue weighted by molar-refractivity contribution is 0.624. The fourth-order valence-electron chi connectivity index (χ4n) is 1.76. The van der Waals surface area contributed by atoms with Crippen LogP contribution in [0.15, 0.2) is 0 Å². The minimum absolute atomic E-state index is 0.200. The molecule has 1 aliphatic carbocycles. The third-order valence-corrected chi connectivity index (χ3v) is 3.90. The molecule has 2 nitrogen and oxygen atoms in total. The van der Waals surface area contributed by atoms with Crippen LogP contribution in [0.25, 0.3) is 0 Å². The zero-order valence-electron chi connectivity index (χ0n) is 9.08. The summed E-state index contributed by atoms with van der Waals surface area (Å²) >= 11 is 1.78. The van der Waals surface area contributed by atoms with Gasteiger partial charge in [0.2, 0.25) is 0 Å². The van der Waals surface area contributed by atoms with E-state index in [1.807, 2.05) is 0 Å². The highest BCUT2D eigenvalue weighted by Crippen LogP contribution is 2.41. The van der Waals surface area contributed by atoms with E-state index in [1.54, 1.807) is 11.3 Å². The van der Waals surface area contributed by atoms with Gasteiger partial charge in [0.15, 0.2) is 0 Å². The van der Waals surface area contributed by atoms with Gasteiger partial charge in [-0.2, -0.15) is 0 Å². The zero-order valence-corrected chi connectivity index (χ0v) is 9.90. The van der Waals surface area contributed by atoms with E-state index in [-0.39, 0.29) is 6.04 Å². The summed E-state index contributed by atoms with van der Waals surface area (Å²) in [5, 5.41) is 1.15. The molecule has 2 N–H and O–H groups in total. The van der Waals surface area contributed by atoms with Gasteiger partial charge in [-0.1, -0.05) is 13.8 Å². The molecule has 0 aromatic carbocycles. The number of rotatable bonds is 3. The average Bonchev–Trinajstić information content (AvgIpc) is 2.88. The number of hydrogen-bond acceptors (Lipinski definition) is 3. The van der Waals surface area contributed by atoms with Crippen LogP contribution in [0.5, 0.6) is 0 Å². The number of hydrogen-bond donors (Lipinski definition) is 1. The maximum Gasteiger partial charge on any atom is 0.110 e. The first-order chi connectivity index (χ1) is 6.59. The number of aromatic nitrogens is 1. The summed E-state index contributed by atoms with van der Waals surface area (Å²) in [4.78, 5) is 6.00. The van der Waals surface area contributed by atoms with Crippen LogP contribution in [0.3, 0.4) is 0 Å². The highest BCUT2D eigenvalue weighted by atomic mass is 32.1. The number of nitrogens with zero attached hydrogens (tertiary/aromatic N) is 1. The molecule has 2 rings (SSSR count). The molecule has 3 heteroatoms. The summed E-state index contributed by atoms with van der Waals surface area (Å²) in [5.74, 6) is 1.23. The lowest BCUT2D eigenvalue weighted by Gasteiger charge is -2.05. The van der Waals surface area contributed by atoms with Gasteiger partial charge in [0.05, 0.1) is 11.7 Å². The Kier molecular flexibility index (Phi) is 2.62. The fourth-order valence-corrected chi connectivity index (χ4v) is 2.94. The molecule has 0 aliphatic heterocycles. The number of aryl methyl sites for hydroxylation is 1. The Hall–Kier alpha value is -0.410. The van der Waals surface area contributed by atoms with Gasteiger partial charge in [-0.3, -0.25) is 0 Å². The van der Waals surface area contributed by atoms with Crippen molar-refractivity contribution in [2.75, 3.05) is 0 Å². The highest BCUT2D eigenvalue weighted by Gasteiger charge is 2.31. The molecule has 0 saturated heterocycles. The Labute approximate surface area is 89.5 Å². The van der Waals surface area contributed by atoms with Crippen molar-refractivity contribution in [2.45, 2.75) is 45.6 Å². The molecule has 0 radical (unpaired) electrons. The second-order valence-corrected chi connectivity index (χ2v) is 5.75. The van der Waals surface area contributed by atoms with Crippen LogP contribution < -0.4 is 5.73 Å². The van der Waals surface area contributed by atoms with Gasteiger partial charge < -0.3 is 5.73 Å². The first kappa shape index (κ1) is 10.1. The van der Waals surface area contributed by atoms with E-state index < -0.39 is 0 Å². The van der Waals surface area contributed by atoms with Crippen LogP contribution in [0.1, 0.15) is 54.2 Å². The molecule has 14 heavy (non-hydrogen) atoms. The maximum absolute atomic E-state index is 6.13. The van der Waals surface area contributed by atoms with Crippen molar-refractivity contribution in [1.82, 2.24) is 4.98 Å². The monoisotopic (exact) mass is 210 g/mol. The van der Waals surface area contributed by atoms with Crippen molar-refractivity contribution < 1.29 is 0 Å². The molecular weight excluding hydrogens is 192 g/mol. The average molecular weight is 210 g/mol. The minimum Gasteiger partial charge on any atom is -0.322 e. The summed E-state index contributed by atoms with van der Waals surface area (Å²) in [5.41, 5.74) is 7.37. The van der Waals surface area contributed by atoms with Crippen LogP contribution in [0, 0.1) is 12.8 Å². The van der Waals surface area contributed by atoms with Crippen molar-refractivity contribution in [3.05, 3.63) is 15.6 Å². The molecule has 1 aromatic rings. The Bertz CT molecular complexity index is 326. The van der Waals surface area contributed by atoms with Crippen LogP contribution in [0.4, 0.5) is 0 Å². The first-order valence-electron chi connectivity index (χ1n) is 5.32. The second kappa shape index (κ2) is 3.63. The minimum atomic E-state index is 0.200. The van der Waals surface area contributed by atoms with Crippen molar-refractivity contribution in [1.29, 1.82) is 0 Å². The van der Waals surface area contributed by atoms with Crippen molar-refractivity contribution in [2.24, 2.45) is 11.7 Å². The third kappa shape index (κ3) is 1.84. The maximum atomic E-state index is 6.13. The Morgan fingerprint density at radius 2 is 2.07 bits per heavy atom. The van der Waals surface area contributed by atoms with E-state index >= 15 is 0 Å². The molecular formula is C11H18N2S. The van der Waals surface area contributed by atoms with E-state index in [9.17, 15) is 0 Å². The Balaban J connectivity index is 2.22. The number of nitrogens with two attached hydrogens (primary N) is 1. The molecule has 1 unspecified atom stereocenters. The predicted octanol–water partition coefficient (Wildman–Crippen LogP) is 2.98. The van der Waals surface area contributed by atoms with Crippen LogP contribution in [-0.4, -0.2) is 4.98 Å². The summed E-state index contributed by atoms with van der Waals surface area (Å²) in [7, 11) is 0. The van der Waals surface area contributed by atoms with Gasteiger partial charge in [0, 0.05) is 4.88 Å². The zero-order chi connectivity index (χ0) is 10.3. The summed E-state index contributed by atoms with van der Waals surface area (Å²) in [6, 6.07) is 0.200. The quantitative estimate of drug-likeness (QED) is 0.833. The fraction of sp³-hybridized carbons (Fsp3) is 0.727. The van der Waals surface area contributed by atoms with Crippen LogP contribution in [-0.2, 0) is 0 Å². The molecule has 1 fully saturated rings. The molecule has 78 valence electrons.